The Hall–Kier alpha value is -3.38. The Morgan fingerprint density at radius 3 is 2.59 bits per heavy atom. The highest BCUT2D eigenvalue weighted by atomic mass is 16.5. The van der Waals surface area contributed by atoms with Gasteiger partial charge in [-0.3, -0.25) is 14.7 Å². The molecule has 0 N–H and O–H groups in total. The lowest BCUT2D eigenvalue weighted by molar-refractivity contribution is -0.132. The van der Waals surface area contributed by atoms with E-state index in [0.717, 1.165) is 36.8 Å². The van der Waals surface area contributed by atoms with E-state index in [9.17, 15) is 4.79 Å². The quantitative estimate of drug-likeness (QED) is 0.564. The minimum absolute atomic E-state index is 0.119. The van der Waals surface area contributed by atoms with Crippen molar-refractivity contribution in [3.63, 3.8) is 0 Å². The number of carbonyl (C=O) groups excluding carboxylic acids is 1. The maximum absolute atomic E-state index is 12.0. The van der Waals surface area contributed by atoms with Crippen molar-refractivity contribution >= 4 is 5.91 Å². The van der Waals surface area contributed by atoms with Gasteiger partial charge in [0.2, 0.25) is 5.91 Å². The van der Waals surface area contributed by atoms with Crippen LogP contribution in [-0.4, -0.2) is 47.4 Å². The number of methoxy groups -OCH3 is 1. The van der Waals surface area contributed by atoms with Crippen LogP contribution in [0.5, 0.6) is 11.5 Å². The van der Waals surface area contributed by atoms with Gasteiger partial charge in [-0.05, 0) is 47.5 Å². The molecular formula is C26H29N3O3. The minimum Gasteiger partial charge on any atom is -0.497 e. The van der Waals surface area contributed by atoms with E-state index in [0.29, 0.717) is 13.2 Å². The zero-order valence-electron chi connectivity index (χ0n) is 18.6. The van der Waals surface area contributed by atoms with Gasteiger partial charge in [0.05, 0.1) is 18.8 Å². The first-order chi connectivity index (χ1) is 15.6. The van der Waals surface area contributed by atoms with Crippen molar-refractivity contribution in [3.8, 4) is 11.5 Å². The summed E-state index contributed by atoms with van der Waals surface area (Å²) in [7, 11) is 1.67. The predicted molar refractivity (Wildman–Crippen MR) is 123 cm³/mol. The van der Waals surface area contributed by atoms with Crippen LogP contribution >= 0.6 is 0 Å². The zero-order chi connectivity index (χ0) is 22.3. The number of piperazine rings is 1. The van der Waals surface area contributed by atoms with E-state index in [-0.39, 0.29) is 11.9 Å². The third kappa shape index (κ3) is 5.45. The van der Waals surface area contributed by atoms with Crippen molar-refractivity contribution in [3.05, 3.63) is 89.7 Å². The summed E-state index contributed by atoms with van der Waals surface area (Å²) >= 11 is 0. The standard InChI is InChI=1S/C26H29N3O3/c1-20(30)28-14-15-29(26(18-28)22-9-11-24(31-2)12-10-22)17-21-6-5-8-25(16-21)32-19-23-7-3-4-13-27-23/h3-13,16,26H,14-15,17-19H2,1-2H3. The molecule has 6 nitrogen and oxygen atoms in total. The molecule has 166 valence electrons. The molecule has 1 fully saturated rings. The van der Waals surface area contributed by atoms with Crippen molar-refractivity contribution in [2.24, 2.45) is 0 Å². The van der Waals surface area contributed by atoms with Crippen LogP contribution < -0.4 is 9.47 Å². The summed E-state index contributed by atoms with van der Waals surface area (Å²) < 4.78 is 11.3. The summed E-state index contributed by atoms with van der Waals surface area (Å²) in [5.41, 5.74) is 3.26. The van der Waals surface area contributed by atoms with E-state index in [1.807, 2.05) is 47.4 Å². The van der Waals surface area contributed by atoms with Gasteiger partial charge in [0.1, 0.15) is 18.1 Å². The summed E-state index contributed by atoms with van der Waals surface area (Å²) in [6, 6.07) is 22.3. The lowest BCUT2D eigenvalue weighted by atomic mass is 10.0. The Balaban J connectivity index is 1.48. The molecule has 2 heterocycles. The minimum atomic E-state index is 0.119. The fourth-order valence-electron chi connectivity index (χ4n) is 4.05. The second-order valence-corrected chi connectivity index (χ2v) is 7.98. The molecule has 1 atom stereocenters. The van der Waals surface area contributed by atoms with Gasteiger partial charge in [-0.15, -0.1) is 0 Å². The number of carbonyl (C=O) groups is 1. The number of hydrogen-bond acceptors (Lipinski definition) is 5. The van der Waals surface area contributed by atoms with E-state index in [1.165, 1.54) is 11.1 Å². The van der Waals surface area contributed by atoms with Crippen molar-refractivity contribution in [1.29, 1.82) is 0 Å². The molecule has 2 aromatic carbocycles. The lowest BCUT2D eigenvalue weighted by Crippen LogP contribution is -2.49. The average molecular weight is 432 g/mol. The molecule has 32 heavy (non-hydrogen) atoms. The molecule has 1 aliphatic rings. The van der Waals surface area contributed by atoms with Gasteiger partial charge in [0.25, 0.3) is 0 Å². The third-order valence-corrected chi connectivity index (χ3v) is 5.83. The van der Waals surface area contributed by atoms with E-state index in [1.54, 1.807) is 20.2 Å². The zero-order valence-corrected chi connectivity index (χ0v) is 18.6. The maximum Gasteiger partial charge on any atom is 0.219 e. The third-order valence-electron chi connectivity index (χ3n) is 5.83. The van der Waals surface area contributed by atoms with Gasteiger partial charge >= 0.3 is 0 Å². The Labute approximate surface area is 189 Å². The molecule has 0 saturated carbocycles. The number of nitrogens with zero attached hydrogens (tertiary/aromatic N) is 3. The smallest absolute Gasteiger partial charge is 0.219 e. The summed E-state index contributed by atoms with van der Waals surface area (Å²) in [5.74, 6) is 1.78. The van der Waals surface area contributed by atoms with E-state index in [4.69, 9.17) is 9.47 Å². The molecule has 1 unspecified atom stereocenters. The SMILES string of the molecule is COc1ccc(C2CN(C(C)=O)CCN2Cc2cccc(OCc3ccccn3)c2)cc1. The number of hydrogen-bond donors (Lipinski definition) is 0. The molecule has 0 radical (unpaired) electrons. The first-order valence-electron chi connectivity index (χ1n) is 10.9. The fourth-order valence-corrected chi connectivity index (χ4v) is 4.05. The Bertz CT molecular complexity index is 1020. The molecule has 4 rings (SSSR count). The summed E-state index contributed by atoms with van der Waals surface area (Å²) in [4.78, 5) is 20.7. The molecule has 0 aliphatic carbocycles. The van der Waals surface area contributed by atoms with Crippen LogP contribution in [0.2, 0.25) is 0 Å². The number of rotatable bonds is 7. The van der Waals surface area contributed by atoms with Crippen LogP contribution in [-0.2, 0) is 17.9 Å². The number of benzene rings is 2. The van der Waals surface area contributed by atoms with Crippen LogP contribution in [0, 0.1) is 0 Å². The van der Waals surface area contributed by atoms with E-state index < -0.39 is 0 Å². The highest BCUT2D eigenvalue weighted by molar-refractivity contribution is 5.73. The number of amides is 1. The summed E-state index contributed by atoms with van der Waals surface area (Å²) in [5, 5.41) is 0. The van der Waals surface area contributed by atoms with Crippen LogP contribution in [0.3, 0.4) is 0 Å². The lowest BCUT2D eigenvalue weighted by Gasteiger charge is -2.41. The van der Waals surface area contributed by atoms with Gasteiger partial charge in [-0.25, -0.2) is 0 Å². The molecule has 6 heteroatoms. The second kappa shape index (κ2) is 10.3. The van der Waals surface area contributed by atoms with Crippen LogP contribution in [0.15, 0.2) is 72.9 Å². The van der Waals surface area contributed by atoms with Gasteiger partial charge < -0.3 is 14.4 Å². The Morgan fingerprint density at radius 2 is 1.88 bits per heavy atom. The number of pyridine rings is 1. The highest BCUT2D eigenvalue weighted by Crippen LogP contribution is 2.29. The van der Waals surface area contributed by atoms with Crippen molar-refractivity contribution < 1.29 is 14.3 Å². The summed E-state index contributed by atoms with van der Waals surface area (Å²) in [6.07, 6.45) is 1.77. The molecule has 0 bridgehead atoms. The monoisotopic (exact) mass is 431 g/mol. The van der Waals surface area contributed by atoms with Crippen molar-refractivity contribution in [2.75, 3.05) is 26.7 Å². The number of ether oxygens (including phenoxy) is 2. The molecule has 3 aromatic rings. The molecular weight excluding hydrogens is 402 g/mol. The van der Waals surface area contributed by atoms with E-state index >= 15 is 0 Å². The highest BCUT2D eigenvalue weighted by Gasteiger charge is 2.29. The molecule has 1 aromatic heterocycles. The summed E-state index contributed by atoms with van der Waals surface area (Å²) in [6.45, 7) is 5.09. The second-order valence-electron chi connectivity index (χ2n) is 7.98. The van der Waals surface area contributed by atoms with Crippen LogP contribution in [0.25, 0.3) is 0 Å². The normalized spacial score (nSPS) is 16.6. The molecule has 0 spiro atoms. The van der Waals surface area contributed by atoms with Gasteiger partial charge in [-0.2, -0.15) is 0 Å². The van der Waals surface area contributed by atoms with Gasteiger partial charge in [-0.1, -0.05) is 30.3 Å². The average Bonchev–Trinajstić information content (AvgIpc) is 2.84. The van der Waals surface area contributed by atoms with Crippen molar-refractivity contribution in [1.82, 2.24) is 14.8 Å². The van der Waals surface area contributed by atoms with Crippen molar-refractivity contribution in [2.45, 2.75) is 26.1 Å². The predicted octanol–water partition coefficient (Wildman–Crippen LogP) is 4.07. The first kappa shape index (κ1) is 21.8. The van der Waals surface area contributed by atoms with Crippen LogP contribution in [0.1, 0.15) is 29.8 Å². The van der Waals surface area contributed by atoms with Gasteiger partial charge in [0.15, 0.2) is 0 Å². The number of aromatic nitrogens is 1. The van der Waals surface area contributed by atoms with Crippen LogP contribution in [0.4, 0.5) is 0 Å². The molecule has 1 aliphatic heterocycles. The van der Waals surface area contributed by atoms with Gasteiger partial charge in [0, 0.05) is 39.3 Å². The topological polar surface area (TPSA) is 54.9 Å². The first-order valence-corrected chi connectivity index (χ1v) is 10.9. The Kier molecular flexibility index (Phi) is 7.02. The van der Waals surface area contributed by atoms with E-state index in [2.05, 4.69) is 34.1 Å². The largest absolute Gasteiger partial charge is 0.497 e. The Morgan fingerprint density at radius 1 is 1.03 bits per heavy atom. The molecule has 1 amide bonds. The fraction of sp³-hybridized carbons (Fsp3) is 0.308. The molecule has 1 saturated heterocycles. The maximum atomic E-state index is 12.0.